The van der Waals surface area contributed by atoms with Gasteiger partial charge in [-0.15, -0.1) is 0 Å². The fourth-order valence-electron chi connectivity index (χ4n) is 1.01. The lowest BCUT2D eigenvalue weighted by Gasteiger charge is -2.32. The first-order valence-electron chi connectivity index (χ1n) is 4.69. The molecule has 0 aromatic carbocycles. The monoisotopic (exact) mass is 194 g/mol. The lowest BCUT2D eigenvalue weighted by molar-refractivity contribution is 0.533. The van der Waals surface area contributed by atoms with Crippen molar-refractivity contribution >= 4 is 11.6 Å². The Morgan fingerprint density at radius 1 is 1.29 bits per heavy atom. The summed E-state index contributed by atoms with van der Waals surface area (Å²) < 4.78 is 0. The molecule has 0 saturated carbocycles. The van der Waals surface area contributed by atoms with Crippen LogP contribution in [-0.2, 0) is 0 Å². The van der Waals surface area contributed by atoms with Crippen LogP contribution in [0.4, 0.5) is 11.6 Å². The van der Waals surface area contributed by atoms with E-state index in [1.165, 1.54) is 0 Å². The molecular weight excluding hydrogens is 176 g/mol. The molecule has 4 nitrogen and oxygen atoms in total. The molecule has 78 valence electrons. The smallest absolute Gasteiger partial charge is 0.134 e. The van der Waals surface area contributed by atoms with Crippen LogP contribution in [0.3, 0.4) is 0 Å². The molecule has 0 aliphatic heterocycles. The molecule has 0 unspecified atom stereocenters. The molecule has 1 N–H and O–H groups in total. The number of rotatable bonds is 2. The molecule has 0 spiro atoms. The maximum absolute atomic E-state index is 4.23. The van der Waals surface area contributed by atoms with E-state index < -0.39 is 0 Å². The Kier molecular flexibility index (Phi) is 2.93. The molecule has 4 heteroatoms. The van der Waals surface area contributed by atoms with Crippen LogP contribution in [0, 0.1) is 0 Å². The summed E-state index contributed by atoms with van der Waals surface area (Å²) >= 11 is 0. The van der Waals surface area contributed by atoms with Crippen LogP contribution in [-0.4, -0.2) is 29.6 Å². The lowest BCUT2D eigenvalue weighted by Crippen LogP contribution is -2.38. The van der Waals surface area contributed by atoms with Gasteiger partial charge < -0.3 is 10.2 Å². The van der Waals surface area contributed by atoms with Gasteiger partial charge in [0.05, 0.1) is 0 Å². The van der Waals surface area contributed by atoms with Gasteiger partial charge in [-0.05, 0) is 20.8 Å². The van der Waals surface area contributed by atoms with Gasteiger partial charge in [0.2, 0.25) is 0 Å². The van der Waals surface area contributed by atoms with Gasteiger partial charge in [0, 0.05) is 25.7 Å². The average molecular weight is 194 g/mol. The van der Waals surface area contributed by atoms with Crippen LogP contribution in [0.15, 0.2) is 12.4 Å². The van der Waals surface area contributed by atoms with Crippen LogP contribution < -0.4 is 10.2 Å². The SMILES string of the molecule is CNc1cc(N(C)C(C)(C)C)ncn1. The molecule has 1 aromatic rings. The molecule has 0 radical (unpaired) electrons. The van der Waals surface area contributed by atoms with Crippen LogP contribution in [0.25, 0.3) is 0 Å². The van der Waals surface area contributed by atoms with E-state index in [1.807, 2.05) is 20.2 Å². The minimum absolute atomic E-state index is 0.0688. The van der Waals surface area contributed by atoms with Gasteiger partial charge in [-0.1, -0.05) is 0 Å². The highest BCUT2D eigenvalue weighted by molar-refractivity contribution is 5.48. The third kappa shape index (κ3) is 2.34. The maximum atomic E-state index is 4.23. The van der Waals surface area contributed by atoms with E-state index in [1.54, 1.807) is 6.33 Å². The van der Waals surface area contributed by atoms with E-state index in [-0.39, 0.29) is 5.54 Å². The number of hydrogen-bond donors (Lipinski definition) is 1. The van der Waals surface area contributed by atoms with Crippen molar-refractivity contribution in [2.75, 3.05) is 24.3 Å². The molecule has 0 amide bonds. The van der Waals surface area contributed by atoms with E-state index in [4.69, 9.17) is 0 Å². The maximum Gasteiger partial charge on any atom is 0.134 e. The summed E-state index contributed by atoms with van der Waals surface area (Å²) in [6.07, 6.45) is 1.57. The van der Waals surface area contributed by atoms with E-state index in [2.05, 4.69) is 41.0 Å². The Morgan fingerprint density at radius 2 is 1.93 bits per heavy atom. The average Bonchev–Trinajstić information content (AvgIpc) is 2.15. The van der Waals surface area contributed by atoms with Crippen molar-refractivity contribution < 1.29 is 0 Å². The zero-order chi connectivity index (χ0) is 10.8. The number of anilines is 2. The predicted octanol–water partition coefficient (Wildman–Crippen LogP) is 1.75. The molecule has 0 fully saturated rings. The molecule has 1 aromatic heterocycles. The second-order valence-electron chi connectivity index (χ2n) is 4.24. The summed E-state index contributed by atoms with van der Waals surface area (Å²) in [4.78, 5) is 10.4. The zero-order valence-electron chi connectivity index (χ0n) is 9.50. The van der Waals surface area contributed by atoms with E-state index in [0.717, 1.165) is 11.6 Å². The van der Waals surface area contributed by atoms with Crippen molar-refractivity contribution in [3.05, 3.63) is 12.4 Å². The summed E-state index contributed by atoms with van der Waals surface area (Å²) in [7, 11) is 3.88. The summed E-state index contributed by atoms with van der Waals surface area (Å²) in [5.41, 5.74) is 0.0688. The first-order valence-corrected chi connectivity index (χ1v) is 4.69. The van der Waals surface area contributed by atoms with Gasteiger partial charge in [-0.2, -0.15) is 0 Å². The van der Waals surface area contributed by atoms with Gasteiger partial charge in [0.15, 0.2) is 0 Å². The third-order valence-electron chi connectivity index (χ3n) is 2.26. The van der Waals surface area contributed by atoms with Gasteiger partial charge in [-0.25, -0.2) is 9.97 Å². The van der Waals surface area contributed by atoms with Crippen molar-refractivity contribution in [3.8, 4) is 0 Å². The molecule has 1 rings (SSSR count). The summed E-state index contributed by atoms with van der Waals surface area (Å²) in [5, 5.41) is 3.00. The van der Waals surface area contributed by atoms with Crippen molar-refractivity contribution in [3.63, 3.8) is 0 Å². The van der Waals surface area contributed by atoms with Crippen LogP contribution in [0.1, 0.15) is 20.8 Å². The fourth-order valence-corrected chi connectivity index (χ4v) is 1.01. The van der Waals surface area contributed by atoms with E-state index in [9.17, 15) is 0 Å². The molecule has 0 bridgehead atoms. The Hall–Kier alpha value is -1.32. The van der Waals surface area contributed by atoms with Crippen LogP contribution in [0.5, 0.6) is 0 Å². The van der Waals surface area contributed by atoms with Gasteiger partial charge in [-0.3, -0.25) is 0 Å². The van der Waals surface area contributed by atoms with Crippen molar-refractivity contribution in [2.45, 2.75) is 26.3 Å². The normalized spacial score (nSPS) is 11.2. The highest BCUT2D eigenvalue weighted by atomic mass is 15.2. The molecule has 1 heterocycles. The van der Waals surface area contributed by atoms with E-state index in [0.29, 0.717) is 0 Å². The molecule has 0 atom stereocenters. The first kappa shape index (κ1) is 10.8. The Morgan fingerprint density at radius 3 is 2.43 bits per heavy atom. The fraction of sp³-hybridized carbons (Fsp3) is 0.600. The number of hydrogen-bond acceptors (Lipinski definition) is 4. The quantitative estimate of drug-likeness (QED) is 0.778. The highest BCUT2D eigenvalue weighted by Gasteiger charge is 2.18. The van der Waals surface area contributed by atoms with Crippen molar-refractivity contribution in [1.29, 1.82) is 0 Å². The Balaban J connectivity index is 2.95. The molecular formula is C10H18N4. The Labute approximate surface area is 85.4 Å². The van der Waals surface area contributed by atoms with E-state index >= 15 is 0 Å². The number of nitrogens with zero attached hydrogens (tertiary/aromatic N) is 3. The second kappa shape index (κ2) is 3.82. The lowest BCUT2D eigenvalue weighted by atomic mass is 10.1. The van der Waals surface area contributed by atoms with Crippen LogP contribution >= 0.6 is 0 Å². The van der Waals surface area contributed by atoms with Gasteiger partial charge in [0.1, 0.15) is 18.0 Å². The molecule has 0 aliphatic rings. The van der Waals surface area contributed by atoms with Crippen LogP contribution in [0.2, 0.25) is 0 Å². The zero-order valence-corrected chi connectivity index (χ0v) is 9.50. The molecule has 14 heavy (non-hydrogen) atoms. The summed E-state index contributed by atoms with van der Waals surface area (Å²) in [5.74, 6) is 1.77. The number of aromatic nitrogens is 2. The molecule has 0 aliphatic carbocycles. The topological polar surface area (TPSA) is 41.0 Å². The first-order chi connectivity index (χ1) is 6.45. The molecule has 0 saturated heterocycles. The number of nitrogens with one attached hydrogen (secondary N) is 1. The summed E-state index contributed by atoms with van der Waals surface area (Å²) in [6.45, 7) is 6.44. The largest absolute Gasteiger partial charge is 0.373 e. The second-order valence-corrected chi connectivity index (χ2v) is 4.24. The minimum Gasteiger partial charge on any atom is -0.373 e. The predicted molar refractivity (Wildman–Crippen MR) is 59.7 cm³/mol. The standard InChI is InChI=1S/C10H18N4/c1-10(2,3)14(5)9-6-8(11-4)12-7-13-9/h6-7H,1-5H3,(H,11,12,13). The van der Waals surface area contributed by atoms with Crippen molar-refractivity contribution in [1.82, 2.24) is 9.97 Å². The van der Waals surface area contributed by atoms with Crippen molar-refractivity contribution in [2.24, 2.45) is 0 Å². The Bertz CT molecular complexity index is 303. The van der Waals surface area contributed by atoms with Gasteiger partial charge in [0.25, 0.3) is 0 Å². The summed E-state index contributed by atoms with van der Waals surface area (Å²) in [6, 6.07) is 1.94. The third-order valence-corrected chi connectivity index (χ3v) is 2.26. The highest BCUT2D eigenvalue weighted by Crippen LogP contribution is 2.20. The minimum atomic E-state index is 0.0688. The van der Waals surface area contributed by atoms with Gasteiger partial charge >= 0.3 is 0 Å².